The van der Waals surface area contributed by atoms with Crippen LogP contribution in [0.25, 0.3) is 10.8 Å². The summed E-state index contributed by atoms with van der Waals surface area (Å²) in [5.41, 5.74) is 4.90. The van der Waals surface area contributed by atoms with Gasteiger partial charge in [-0.2, -0.15) is 5.10 Å². The summed E-state index contributed by atoms with van der Waals surface area (Å²) in [6.07, 6.45) is 0.798. The first-order valence-electron chi connectivity index (χ1n) is 6.89. The summed E-state index contributed by atoms with van der Waals surface area (Å²) >= 11 is 1.73. The fourth-order valence-electron chi connectivity index (χ4n) is 2.75. The molecule has 0 saturated heterocycles. The summed E-state index contributed by atoms with van der Waals surface area (Å²) in [5.74, 6) is 0.320. The molecule has 1 aliphatic heterocycles. The van der Waals surface area contributed by atoms with Crippen molar-refractivity contribution in [2.75, 3.05) is 0 Å². The zero-order valence-electron chi connectivity index (χ0n) is 11.3. The number of fused-ring (bicyclic) bond motifs is 1. The predicted molar refractivity (Wildman–Crippen MR) is 87.0 cm³/mol. The Labute approximate surface area is 126 Å². The van der Waals surface area contributed by atoms with Crippen molar-refractivity contribution >= 4 is 27.8 Å². The number of benzene rings is 2. The Balaban J connectivity index is 1.70. The lowest BCUT2D eigenvalue weighted by Crippen LogP contribution is -2.07. The van der Waals surface area contributed by atoms with E-state index >= 15 is 0 Å². The van der Waals surface area contributed by atoms with E-state index in [1.165, 1.54) is 4.88 Å². The molecule has 2 N–H and O–H groups in total. The van der Waals surface area contributed by atoms with Crippen molar-refractivity contribution in [3.05, 3.63) is 64.4 Å². The number of phenolic OH excluding ortho intramolecular Hbond substituents is 1. The van der Waals surface area contributed by atoms with Crippen molar-refractivity contribution in [1.29, 1.82) is 0 Å². The third-order valence-corrected chi connectivity index (χ3v) is 4.84. The van der Waals surface area contributed by atoms with E-state index < -0.39 is 0 Å². The molecule has 3 aromatic rings. The topological polar surface area (TPSA) is 44.6 Å². The first-order valence-corrected chi connectivity index (χ1v) is 7.77. The number of aromatic hydroxyl groups is 1. The largest absolute Gasteiger partial charge is 0.507 e. The monoisotopic (exact) mass is 294 g/mol. The van der Waals surface area contributed by atoms with Crippen LogP contribution in [0, 0.1) is 0 Å². The minimum Gasteiger partial charge on any atom is -0.507 e. The Morgan fingerprint density at radius 1 is 1.10 bits per heavy atom. The molecule has 1 aromatic heterocycles. The van der Waals surface area contributed by atoms with Gasteiger partial charge in [-0.25, -0.2) is 0 Å². The van der Waals surface area contributed by atoms with Gasteiger partial charge in [0.15, 0.2) is 0 Å². The van der Waals surface area contributed by atoms with Gasteiger partial charge in [0, 0.05) is 22.2 Å². The number of hydrogen-bond acceptors (Lipinski definition) is 4. The molecular weight excluding hydrogens is 280 g/mol. The van der Waals surface area contributed by atoms with Crippen LogP contribution in [0.3, 0.4) is 0 Å². The molecule has 0 radical (unpaired) electrons. The number of hydrogen-bond donors (Lipinski definition) is 2. The van der Waals surface area contributed by atoms with Gasteiger partial charge in [-0.05, 0) is 22.9 Å². The fraction of sp³-hybridized carbons (Fsp3) is 0.118. The van der Waals surface area contributed by atoms with E-state index in [2.05, 4.69) is 22.0 Å². The molecule has 21 heavy (non-hydrogen) atoms. The summed E-state index contributed by atoms with van der Waals surface area (Å²) in [4.78, 5) is 1.27. The second kappa shape index (κ2) is 4.90. The summed E-state index contributed by atoms with van der Waals surface area (Å²) in [7, 11) is 0. The van der Waals surface area contributed by atoms with Crippen LogP contribution in [0.2, 0.25) is 0 Å². The summed E-state index contributed by atoms with van der Waals surface area (Å²) in [6.45, 7) is 0. The maximum absolute atomic E-state index is 10.5. The molecule has 0 bridgehead atoms. The highest BCUT2D eigenvalue weighted by Crippen LogP contribution is 2.33. The SMILES string of the molecule is Oc1c(C2=NN[C@@H](c3cccs3)C2)ccc2ccccc12. The molecule has 0 amide bonds. The quantitative estimate of drug-likeness (QED) is 0.749. The average Bonchev–Trinajstić information content (AvgIpc) is 3.19. The van der Waals surface area contributed by atoms with Crippen molar-refractivity contribution < 1.29 is 5.11 Å². The van der Waals surface area contributed by atoms with Crippen LogP contribution in [-0.2, 0) is 0 Å². The Kier molecular flexibility index (Phi) is 2.89. The molecule has 3 nitrogen and oxygen atoms in total. The highest BCUT2D eigenvalue weighted by molar-refractivity contribution is 7.10. The number of phenols is 1. The molecular formula is C17H14N2OS. The summed E-state index contributed by atoms with van der Waals surface area (Å²) in [6, 6.07) is 16.2. The molecule has 104 valence electrons. The smallest absolute Gasteiger partial charge is 0.132 e. The lowest BCUT2D eigenvalue weighted by molar-refractivity contribution is 0.480. The second-order valence-corrected chi connectivity index (χ2v) is 6.12. The average molecular weight is 294 g/mol. The number of hydrazone groups is 1. The Hall–Kier alpha value is -2.33. The molecule has 0 saturated carbocycles. The van der Waals surface area contributed by atoms with Gasteiger partial charge < -0.3 is 10.5 Å². The Morgan fingerprint density at radius 3 is 2.86 bits per heavy atom. The number of nitrogens with one attached hydrogen (secondary N) is 1. The van der Waals surface area contributed by atoms with Crippen LogP contribution in [0.5, 0.6) is 5.75 Å². The second-order valence-electron chi connectivity index (χ2n) is 5.14. The van der Waals surface area contributed by atoms with Crippen LogP contribution in [-0.4, -0.2) is 10.8 Å². The zero-order chi connectivity index (χ0) is 14.2. The van der Waals surface area contributed by atoms with Gasteiger partial charge in [0.1, 0.15) is 5.75 Å². The van der Waals surface area contributed by atoms with E-state index in [9.17, 15) is 5.11 Å². The standard InChI is InChI=1S/C17H14N2OS/c20-17-12-5-2-1-4-11(12)7-8-13(17)14-10-15(19-18-14)16-6-3-9-21-16/h1-9,15,19-20H,10H2/t15-/m1/s1. The molecule has 1 aliphatic rings. The molecule has 1 atom stereocenters. The van der Waals surface area contributed by atoms with Crippen LogP contribution in [0.1, 0.15) is 22.9 Å². The van der Waals surface area contributed by atoms with Crippen molar-refractivity contribution in [1.82, 2.24) is 5.43 Å². The maximum atomic E-state index is 10.5. The van der Waals surface area contributed by atoms with E-state index in [4.69, 9.17) is 0 Å². The normalized spacial score (nSPS) is 17.7. The molecule has 4 heteroatoms. The van der Waals surface area contributed by atoms with Crippen LogP contribution in [0.4, 0.5) is 0 Å². The van der Waals surface area contributed by atoms with Crippen LogP contribution >= 0.6 is 11.3 Å². The van der Waals surface area contributed by atoms with Crippen LogP contribution in [0.15, 0.2) is 59.0 Å². The van der Waals surface area contributed by atoms with E-state index in [0.717, 1.165) is 28.5 Å². The number of nitrogens with zero attached hydrogens (tertiary/aromatic N) is 1. The zero-order valence-corrected chi connectivity index (χ0v) is 12.1. The lowest BCUT2D eigenvalue weighted by Gasteiger charge is -2.08. The van der Waals surface area contributed by atoms with Crippen molar-refractivity contribution in [2.24, 2.45) is 5.10 Å². The Bertz CT molecular complexity index is 824. The van der Waals surface area contributed by atoms with E-state index in [1.54, 1.807) is 11.3 Å². The predicted octanol–water partition coefficient (Wildman–Crippen LogP) is 4.05. The van der Waals surface area contributed by atoms with Gasteiger partial charge in [0.25, 0.3) is 0 Å². The third-order valence-electron chi connectivity index (χ3n) is 3.85. The van der Waals surface area contributed by atoms with Gasteiger partial charge in [-0.15, -0.1) is 11.3 Å². The first-order chi connectivity index (χ1) is 10.3. The fourth-order valence-corrected chi connectivity index (χ4v) is 3.52. The molecule has 0 spiro atoms. The van der Waals surface area contributed by atoms with Gasteiger partial charge in [0.2, 0.25) is 0 Å². The minimum absolute atomic E-state index is 0.214. The highest BCUT2D eigenvalue weighted by Gasteiger charge is 2.24. The number of thiophene rings is 1. The molecule has 0 fully saturated rings. The van der Waals surface area contributed by atoms with Crippen molar-refractivity contribution in [3.8, 4) is 5.75 Å². The number of rotatable bonds is 2. The molecule has 4 rings (SSSR count). The highest BCUT2D eigenvalue weighted by atomic mass is 32.1. The van der Waals surface area contributed by atoms with Gasteiger partial charge in [-0.3, -0.25) is 0 Å². The Morgan fingerprint density at radius 2 is 2.00 bits per heavy atom. The van der Waals surface area contributed by atoms with Gasteiger partial charge >= 0.3 is 0 Å². The van der Waals surface area contributed by atoms with Crippen molar-refractivity contribution in [2.45, 2.75) is 12.5 Å². The van der Waals surface area contributed by atoms with Gasteiger partial charge in [-0.1, -0.05) is 36.4 Å². The van der Waals surface area contributed by atoms with Gasteiger partial charge in [0.05, 0.1) is 11.8 Å². The molecule has 2 heterocycles. The minimum atomic E-state index is 0.214. The van der Waals surface area contributed by atoms with Crippen molar-refractivity contribution in [3.63, 3.8) is 0 Å². The first kappa shape index (κ1) is 12.4. The lowest BCUT2D eigenvalue weighted by atomic mass is 9.99. The molecule has 2 aromatic carbocycles. The molecule has 0 unspecified atom stereocenters. The maximum Gasteiger partial charge on any atom is 0.132 e. The third kappa shape index (κ3) is 2.08. The summed E-state index contributed by atoms with van der Waals surface area (Å²) < 4.78 is 0. The van der Waals surface area contributed by atoms with E-state index in [0.29, 0.717) is 5.75 Å². The van der Waals surface area contributed by atoms with E-state index in [1.807, 2.05) is 42.5 Å². The summed E-state index contributed by atoms with van der Waals surface area (Å²) in [5, 5.41) is 18.9. The van der Waals surface area contributed by atoms with Crippen LogP contribution < -0.4 is 5.43 Å². The molecule has 0 aliphatic carbocycles. The van der Waals surface area contributed by atoms with E-state index in [-0.39, 0.29) is 6.04 Å².